The molecule has 3 rings (SSSR count). The molecule has 1 aromatic heterocycles. The van der Waals surface area contributed by atoms with Crippen molar-refractivity contribution < 1.29 is 4.79 Å². The number of nitrogens with zero attached hydrogens (tertiary/aromatic N) is 2. The first-order valence-corrected chi connectivity index (χ1v) is 10.7. The van der Waals surface area contributed by atoms with E-state index in [1.807, 2.05) is 56.6 Å². The van der Waals surface area contributed by atoms with Gasteiger partial charge in [0.15, 0.2) is 5.16 Å². The number of rotatable bonds is 8. The number of carbonyl (C=O) groups is 1. The fraction of sp³-hybridized carbons (Fsp3) is 0.238. The second-order valence-corrected chi connectivity index (χ2v) is 8.47. The summed E-state index contributed by atoms with van der Waals surface area (Å²) >= 11 is 4.84. The minimum Gasteiger partial charge on any atom is -0.353 e. The largest absolute Gasteiger partial charge is 0.353 e. The first kappa shape index (κ1) is 20.6. The van der Waals surface area contributed by atoms with Gasteiger partial charge in [-0.05, 0) is 37.4 Å². The summed E-state index contributed by atoms with van der Waals surface area (Å²) in [5.41, 5.74) is 3.18. The van der Waals surface area contributed by atoms with Crippen molar-refractivity contribution in [2.75, 3.05) is 26.4 Å². The Morgan fingerprint density at radius 3 is 2.57 bits per heavy atom. The maximum absolute atomic E-state index is 12.3. The zero-order chi connectivity index (χ0) is 19.9. The summed E-state index contributed by atoms with van der Waals surface area (Å²) in [5, 5.41) is 3.77. The number of benzene rings is 2. The highest BCUT2D eigenvalue weighted by molar-refractivity contribution is 9.10. The third-order valence-electron chi connectivity index (χ3n) is 4.35. The Morgan fingerprint density at radius 1 is 1.18 bits per heavy atom. The highest BCUT2D eigenvalue weighted by atomic mass is 79.9. The topological polar surface area (TPSA) is 61.0 Å². The van der Waals surface area contributed by atoms with E-state index >= 15 is 0 Å². The number of aromatic amines is 1. The van der Waals surface area contributed by atoms with Gasteiger partial charge in [0.05, 0.1) is 23.7 Å². The molecule has 0 radical (unpaired) electrons. The summed E-state index contributed by atoms with van der Waals surface area (Å²) in [6.45, 7) is 0.568. The molecule has 0 unspecified atom stereocenters. The molecule has 0 saturated heterocycles. The fourth-order valence-corrected chi connectivity index (χ4v) is 3.77. The molecule has 28 heavy (non-hydrogen) atoms. The van der Waals surface area contributed by atoms with Crippen LogP contribution in [0.2, 0.25) is 0 Å². The van der Waals surface area contributed by atoms with Crippen LogP contribution in [0.15, 0.2) is 70.4 Å². The van der Waals surface area contributed by atoms with Crippen molar-refractivity contribution in [1.82, 2.24) is 20.2 Å². The lowest BCUT2D eigenvalue weighted by molar-refractivity contribution is -0.118. The number of thioether (sulfide) groups is 1. The van der Waals surface area contributed by atoms with Gasteiger partial charge in [-0.2, -0.15) is 0 Å². The molecule has 0 aliphatic carbocycles. The van der Waals surface area contributed by atoms with E-state index in [0.29, 0.717) is 12.3 Å². The number of nitrogens with one attached hydrogen (secondary N) is 2. The Labute approximate surface area is 178 Å². The first-order valence-electron chi connectivity index (χ1n) is 8.95. The Kier molecular flexibility index (Phi) is 7.30. The third kappa shape index (κ3) is 5.70. The molecule has 0 spiro atoms. The number of aromatic nitrogens is 2. The molecule has 0 aliphatic heterocycles. The quantitative estimate of drug-likeness (QED) is 0.492. The van der Waals surface area contributed by atoms with Crippen molar-refractivity contribution in [3.63, 3.8) is 0 Å². The van der Waals surface area contributed by atoms with E-state index in [1.54, 1.807) is 6.20 Å². The number of carbonyl (C=O) groups excluding carboxylic acids is 1. The van der Waals surface area contributed by atoms with E-state index in [0.717, 1.165) is 20.9 Å². The lowest BCUT2D eigenvalue weighted by Crippen LogP contribution is -2.35. The van der Waals surface area contributed by atoms with E-state index < -0.39 is 0 Å². The van der Waals surface area contributed by atoms with Gasteiger partial charge in [0, 0.05) is 11.0 Å². The Morgan fingerprint density at radius 2 is 1.89 bits per heavy atom. The number of hydrogen-bond donors (Lipinski definition) is 2. The number of likely N-dealkylation sites (N-methyl/N-ethyl adjacent to an activating group) is 1. The van der Waals surface area contributed by atoms with Crippen molar-refractivity contribution in [3.8, 4) is 11.3 Å². The number of imidazole rings is 1. The van der Waals surface area contributed by atoms with Crippen LogP contribution in [0, 0.1) is 0 Å². The maximum atomic E-state index is 12.3. The second-order valence-electron chi connectivity index (χ2n) is 6.59. The second kappa shape index (κ2) is 9.91. The van der Waals surface area contributed by atoms with Crippen molar-refractivity contribution in [2.45, 2.75) is 11.2 Å². The Balaban J connectivity index is 1.51. The van der Waals surface area contributed by atoms with E-state index in [-0.39, 0.29) is 11.9 Å². The molecule has 146 valence electrons. The van der Waals surface area contributed by atoms with Crippen LogP contribution in [0.3, 0.4) is 0 Å². The van der Waals surface area contributed by atoms with E-state index in [4.69, 9.17) is 0 Å². The Hall–Kier alpha value is -2.09. The molecule has 3 aromatic rings. The number of halogens is 1. The molecule has 0 bridgehead atoms. The van der Waals surface area contributed by atoms with Crippen molar-refractivity contribution in [3.05, 3.63) is 70.8 Å². The summed E-state index contributed by atoms with van der Waals surface area (Å²) in [6.07, 6.45) is 1.79. The smallest absolute Gasteiger partial charge is 0.230 e. The molecule has 2 N–H and O–H groups in total. The van der Waals surface area contributed by atoms with E-state index in [9.17, 15) is 4.79 Å². The van der Waals surface area contributed by atoms with Gasteiger partial charge in [0.2, 0.25) is 5.91 Å². The molecule has 7 heteroatoms. The van der Waals surface area contributed by atoms with Crippen LogP contribution < -0.4 is 5.32 Å². The number of hydrogen-bond acceptors (Lipinski definition) is 4. The monoisotopic (exact) mass is 458 g/mol. The highest BCUT2D eigenvalue weighted by Gasteiger charge is 2.15. The first-order chi connectivity index (χ1) is 13.5. The van der Waals surface area contributed by atoms with Gasteiger partial charge >= 0.3 is 0 Å². The summed E-state index contributed by atoms with van der Waals surface area (Å²) in [4.78, 5) is 22.0. The zero-order valence-electron chi connectivity index (χ0n) is 15.9. The standard InChI is InChI=1S/C21H23BrN4OS/c1-26(2)19(16-6-4-3-5-7-16)13-23-20(27)14-28-21-24-12-18(25-21)15-8-10-17(22)11-9-15/h3-12,19H,13-14H2,1-2H3,(H,23,27)(H,24,25)/t19-/m1/s1. The summed E-state index contributed by atoms with van der Waals surface area (Å²) in [6, 6.07) is 18.4. The van der Waals surface area contributed by atoms with Gasteiger partial charge in [-0.3, -0.25) is 4.79 Å². The third-order valence-corrected chi connectivity index (χ3v) is 5.76. The zero-order valence-corrected chi connectivity index (χ0v) is 18.3. The molecule has 1 heterocycles. The van der Waals surface area contributed by atoms with Gasteiger partial charge in [0.25, 0.3) is 0 Å². The van der Waals surface area contributed by atoms with Crippen molar-refractivity contribution in [1.29, 1.82) is 0 Å². The van der Waals surface area contributed by atoms with Gasteiger partial charge in [-0.15, -0.1) is 0 Å². The predicted molar refractivity (Wildman–Crippen MR) is 118 cm³/mol. The van der Waals surface area contributed by atoms with Crippen LogP contribution in [0.1, 0.15) is 11.6 Å². The molecule has 0 saturated carbocycles. The fourth-order valence-electron chi connectivity index (χ4n) is 2.82. The SMILES string of the molecule is CN(C)[C@H](CNC(=O)CSc1ncc(-c2ccc(Br)cc2)[nH]1)c1ccccc1. The van der Waals surface area contributed by atoms with Gasteiger partial charge in [-0.1, -0.05) is 70.2 Å². The van der Waals surface area contributed by atoms with Crippen LogP contribution in [0.4, 0.5) is 0 Å². The van der Waals surface area contributed by atoms with Gasteiger partial charge in [0.1, 0.15) is 0 Å². The van der Waals surface area contributed by atoms with Crippen LogP contribution >= 0.6 is 27.7 Å². The van der Waals surface area contributed by atoms with Crippen LogP contribution in [-0.2, 0) is 4.79 Å². The van der Waals surface area contributed by atoms with Crippen molar-refractivity contribution >= 4 is 33.6 Å². The molecule has 5 nitrogen and oxygen atoms in total. The minimum absolute atomic E-state index is 0.00521. The molecule has 0 fully saturated rings. The van der Waals surface area contributed by atoms with Crippen LogP contribution in [0.5, 0.6) is 0 Å². The summed E-state index contributed by atoms with van der Waals surface area (Å²) < 4.78 is 1.04. The predicted octanol–water partition coefficient (Wildman–Crippen LogP) is 4.35. The lowest BCUT2D eigenvalue weighted by Gasteiger charge is -2.25. The molecular formula is C21H23BrN4OS. The van der Waals surface area contributed by atoms with Crippen molar-refractivity contribution in [2.24, 2.45) is 0 Å². The van der Waals surface area contributed by atoms with Crippen LogP contribution in [0.25, 0.3) is 11.3 Å². The molecule has 1 amide bonds. The number of H-pyrrole nitrogens is 1. The van der Waals surface area contributed by atoms with Crippen LogP contribution in [-0.4, -0.2) is 47.2 Å². The minimum atomic E-state index is -0.00521. The average Bonchev–Trinajstić information content (AvgIpc) is 3.17. The normalized spacial score (nSPS) is 12.1. The average molecular weight is 459 g/mol. The molecule has 1 atom stereocenters. The maximum Gasteiger partial charge on any atom is 0.230 e. The van der Waals surface area contributed by atoms with Gasteiger partial charge in [-0.25, -0.2) is 4.98 Å². The van der Waals surface area contributed by atoms with E-state index in [2.05, 4.69) is 48.2 Å². The van der Waals surface area contributed by atoms with E-state index in [1.165, 1.54) is 17.3 Å². The van der Waals surface area contributed by atoms with Gasteiger partial charge < -0.3 is 15.2 Å². The summed E-state index contributed by atoms with van der Waals surface area (Å²) in [5.74, 6) is 0.316. The molecular weight excluding hydrogens is 436 g/mol. The number of amides is 1. The summed E-state index contributed by atoms with van der Waals surface area (Å²) in [7, 11) is 4.04. The molecule has 0 aliphatic rings. The highest BCUT2D eigenvalue weighted by Crippen LogP contribution is 2.23. The Bertz CT molecular complexity index is 896. The lowest BCUT2D eigenvalue weighted by atomic mass is 10.1. The molecule has 2 aromatic carbocycles.